The van der Waals surface area contributed by atoms with Crippen molar-refractivity contribution in [2.45, 2.75) is 32.2 Å². The minimum absolute atomic E-state index is 0.0763. The van der Waals surface area contributed by atoms with E-state index in [9.17, 15) is 9.59 Å². The van der Waals surface area contributed by atoms with Crippen molar-refractivity contribution in [2.75, 3.05) is 5.32 Å². The van der Waals surface area contributed by atoms with Crippen molar-refractivity contribution in [3.63, 3.8) is 0 Å². The molecule has 0 bridgehead atoms. The molecule has 5 nitrogen and oxygen atoms in total. The van der Waals surface area contributed by atoms with Crippen LogP contribution in [0.15, 0.2) is 18.2 Å². The van der Waals surface area contributed by atoms with E-state index >= 15 is 0 Å². The fourth-order valence-corrected chi connectivity index (χ4v) is 1.88. The molecule has 19 heavy (non-hydrogen) atoms. The molecule has 0 aromatic heterocycles. The van der Waals surface area contributed by atoms with Gasteiger partial charge in [0.15, 0.2) is 0 Å². The Kier molecular flexibility index (Phi) is 5.79. The lowest BCUT2D eigenvalue weighted by molar-refractivity contribution is -0.117. The van der Waals surface area contributed by atoms with Gasteiger partial charge in [-0.2, -0.15) is 0 Å². The van der Waals surface area contributed by atoms with Crippen molar-refractivity contribution in [3.8, 4) is 0 Å². The molecular weight excluding hydrogens is 268 g/mol. The maximum atomic E-state index is 11.8. The van der Waals surface area contributed by atoms with Crippen LogP contribution in [0, 0.1) is 0 Å². The van der Waals surface area contributed by atoms with Gasteiger partial charge in [-0.1, -0.05) is 37.4 Å². The number of carbonyl (C=O) groups excluding carboxylic acids is 1. The lowest BCUT2D eigenvalue weighted by atomic mass is 10.1. The minimum atomic E-state index is -1.19. The monoisotopic (exact) mass is 284 g/mol. The summed E-state index contributed by atoms with van der Waals surface area (Å²) in [7, 11) is 0. The summed E-state index contributed by atoms with van der Waals surface area (Å²) < 4.78 is 0. The highest BCUT2D eigenvalue weighted by Gasteiger charge is 2.18. The Morgan fingerprint density at radius 3 is 2.74 bits per heavy atom. The number of hydrogen-bond acceptors (Lipinski definition) is 3. The fourth-order valence-electron chi connectivity index (χ4n) is 1.63. The van der Waals surface area contributed by atoms with Gasteiger partial charge in [0.05, 0.1) is 16.8 Å². The second-order valence-corrected chi connectivity index (χ2v) is 4.61. The number of nitrogens with two attached hydrogens (primary N) is 1. The van der Waals surface area contributed by atoms with Crippen molar-refractivity contribution in [1.29, 1.82) is 0 Å². The molecule has 104 valence electrons. The molecule has 6 heteroatoms. The van der Waals surface area contributed by atoms with Crippen molar-refractivity contribution < 1.29 is 14.7 Å². The number of carboxylic acid groups (broad SMARTS) is 1. The van der Waals surface area contributed by atoms with E-state index in [0.29, 0.717) is 6.42 Å². The zero-order valence-corrected chi connectivity index (χ0v) is 11.4. The van der Waals surface area contributed by atoms with Gasteiger partial charge in [0.1, 0.15) is 5.56 Å². The standard InChI is InChI=1S/C13H17ClN2O3/c1-2-3-6-9(15)12(17)16-10-7-4-5-8(14)11(10)13(18)19/h4-5,7,9H,2-3,6,15H2,1H3,(H,16,17)(H,18,19). The third-order valence-electron chi connectivity index (χ3n) is 2.69. The number of nitrogens with one attached hydrogen (secondary N) is 1. The lowest BCUT2D eigenvalue weighted by Crippen LogP contribution is -2.35. The van der Waals surface area contributed by atoms with E-state index in [0.717, 1.165) is 12.8 Å². The van der Waals surface area contributed by atoms with Gasteiger partial charge in [-0.3, -0.25) is 4.79 Å². The van der Waals surface area contributed by atoms with Gasteiger partial charge in [0.2, 0.25) is 5.91 Å². The zero-order chi connectivity index (χ0) is 14.4. The quantitative estimate of drug-likeness (QED) is 0.748. The Labute approximate surface area is 116 Å². The average molecular weight is 285 g/mol. The Balaban J connectivity index is 2.85. The molecule has 1 rings (SSSR count). The molecule has 0 radical (unpaired) electrons. The summed E-state index contributed by atoms with van der Waals surface area (Å²) in [5.41, 5.74) is 5.76. The summed E-state index contributed by atoms with van der Waals surface area (Å²) in [6.45, 7) is 2.00. The Hall–Kier alpha value is -1.59. The number of carbonyl (C=O) groups is 2. The van der Waals surface area contributed by atoms with Crippen LogP contribution in [0.5, 0.6) is 0 Å². The van der Waals surface area contributed by atoms with E-state index < -0.39 is 17.9 Å². The fraction of sp³-hybridized carbons (Fsp3) is 0.385. The molecule has 0 aliphatic rings. The molecule has 4 N–H and O–H groups in total. The summed E-state index contributed by atoms with van der Waals surface area (Å²) in [5.74, 6) is -1.60. The van der Waals surface area contributed by atoms with Gasteiger partial charge in [-0.25, -0.2) is 4.79 Å². The number of hydrogen-bond donors (Lipinski definition) is 3. The zero-order valence-electron chi connectivity index (χ0n) is 10.6. The topological polar surface area (TPSA) is 92.4 Å². The maximum absolute atomic E-state index is 11.8. The van der Waals surface area contributed by atoms with Crippen LogP contribution >= 0.6 is 11.6 Å². The highest BCUT2D eigenvalue weighted by Crippen LogP contribution is 2.24. The van der Waals surface area contributed by atoms with Crippen LogP contribution in [0.4, 0.5) is 5.69 Å². The first-order valence-electron chi connectivity index (χ1n) is 6.05. The average Bonchev–Trinajstić information content (AvgIpc) is 2.35. The molecule has 0 saturated carbocycles. The van der Waals surface area contributed by atoms with Gasteiger partial charge >= 0.3 is 5.97 Å². The van der Waals surface area contributed by atoms with Gasteiger partial charge in [0, 0.05) is 0 Å². The number of benzene rings is 1. The van der Waals surface area contributed by atoms with Gasteiger partial charge in [-0.05, 0) is 18.6 Å². The third kappa shape index (κ3) is 4.22. The van der Waals surface area contributed by atoms with Crippen molar-refractivity contribution in [3.05, 3.63) is 28.8 Å². The summed E-state index contributed by atoms with van der Waals surface area (Å²) >= 11 is 5.81. The van der Waals surface area contributed by atoms with Crippen LogP contribution in [-0.2, 0) is 4.79 Å². The van der Waals surface area contributed by atoms with E-state index in [1.54, 1.807) is 6.07 Å². The first-order chi connectivity index (χ1) is 8.97. The van der Waals surface area contributed by atoms with Crippen LogP contribution in [0.25, 0.3) is 0 Å². The van der Waals surface area contributed by atoms with Crippen LogP contribution < -0.4 is 11.1 Å². The molecule has 1 atom stereocenters. The van der Waals surface area contributed by atoms with Crippen LogP contribution in [0.3, 0.4) is 0 Å². The van der Waals surface area contributed by atoms with E-state index in [1.165, 1.54) is 12.1 Å². The largest absolute Gasteiger partial charge is 0.478 e. The Morgan fingerprint density at radius 1 is 1.47 bits per heavy atom. The molecule has 0 aliphatic carbocycles. The molecule has 0 aliphatic heterocycles. The van der Waals surface area contributed by atoms with Crippen LogP contribution in [0.1, 0.15) is 36.5 Å². The molecule has 0 spiro atoms. The predicted molar refractivity (Wildman–Crippen MR) is 74.5 cm³/mol. The first-order valence-corrected chi connectivity index (χ1v) is 6.43. The molecule has 1 unspecified atom stereocenters. The van der Waals surface area contributed by atoms with E-state index in [1.807, 2.05) is 6.92 Å². The van der Waals surface area contributed by atoms with Gasteiger partial charge in [0.25, 0.3) is 0 Å². The molecule has 0 fully saturated rings. The summed E-state index contributed by atoms with van der Waals surface area (Å²) in [6, 6.07) is 3.86. The summed E-state index contributed by atoms with van der Waals surface area (Å²) in [4.78, 5) is 22.9. The smallest absolute Gasteiger partial charge is 0.339 e. The number of anilines is 1. The molecule has 1 amide bonds. The summed E-state index contributed by atoms with van der Waals surface area (Å²) in [6.07, 6.45) is 2.35. The number of unbranched alkanes of at least 4 members (excludes halogenated alkanes) is 1. The molecular formula is C13H17ClN2O3. The third-order valence-corrected chi connectivity index (χ3v) is 3.01. The van der Waals surface area contributed by atoms with Crippen molar-refractivity contribution >= 4 is 29.2 Å². The molecule has 0 heterocycles. The highest BCUT2D eigenvalue weighted by atomic mass is 35.5. The van der Waals surface area contributed by atoms with E-state index in [2.05, 4.69) is 5.32 Å². The second-order valence-electron chi connectivity index (χ2n) is 4.21. The van der Waals surface area contributed by atoms with E-state index in [4.69, 9.17) is 22.4 Å². The highest BCUT2D eigenvalue weighted by molar-refractivity contribution is 6.34. The second kappa shape index (κ2) is 7.11. The molecule has 0 saturated heterocycles. The van der Waals surface area contributed by atoms with Crippen LogP contribution in [-0.4, -0.2) is 23.0 Å². The van der Waals surface area contributed by atoms with Gasteiger partial charge < -0.3 is 16.2 Å². The van der Waals surface area contributed by atoms with Crippen molar-refractivity contribution in [1.82, 2.24) is 0 Å². The number of aromatic carboxylic acids is 1. The lowest BCUT2D eigenvalue weighted by Gasteiger charge is -2.13. The maximum Gasteiger partial charge on any atom is 0.339 e. The summed E-state index contributed by atoms with van der Waals surface area (Å²) in [5, 5.41) is 11.7. The number of rotatable bonds is 6. The van der Waals surface area contributed by atoms with Crippen LogP contribution in [0.2, 0.25) is 5.02 Å². The molecule has 1 aromatic carbocycles. The van der Waals surface area contributed by atoms with E-state index in [-0.39, 0.29) is 16.3 Å². The SMILES string of the molecule is CCCCC(N)C(=O)Nc1cccc(Cl)c1C(=O)O. The molecule has 1 aromatic rings. The minimum Gasteiger partial charge on any atom is -0.478 e. The Morgan fingerprint density at radius 2 is 2.16 bits per heavy atom. The predicted octanol–water partition coefficient (Wildman–Crippen LogP) is 2.49. The first kappa shape index (κ1) is 15.5. The van der Waals surface area contributed by atoms with Crippen molar-refractivity contribution in [2.24, 2.45) is 5.73 Å². The number of amides is 1. The number of carboxylic acids is 1. The normalized spacial score (nSPS) is 11.9. The van der Waals surface area contributed by atoms with Gasteiger partial charge in [-0.15, -0.1) is 0 Å². The Bertz CT molecular complexity index is 477. The number of halogens is 1.